The topological polar surface area (TPSA) is 44.0 Å². The third-order valence-electron chi connectivity index (χ3n) is 8.68. The van der Waals surface area contributed by atoms with Crippen LogP contribution < -0.4 is 0 Å². The summed E-state index contributed by atoms with van der Waals surface area (Å²) in [6.07, 6.45) is 12.8. The van der Waals surface area contributed by atoms with Crippen LogP contribution in [0.2, 0.25) is 0 Å². The van der Waals surface area contributed by atoms with Gasteiger partial charge in [-0.15, -0.1) is 0 Å². The van der Waals surface area contributed by atoms with Crippen molar-refractivity contribution < 1.29 is 5.11 Å². The Balaban J connectivity index is 1.65. The molecule has 4 rings (SSSR count). The van der Waals surface area contributed by atoms with Crippen molar-refractivity contribution >= 4 is 0 Å². The Kier molecular flexibility index (Phi) is 3.65. The monoisotopic (exact) mass is 313 g/mol. The molecule has 2 heteroatoms. The number of fused-ring (bicyclic) bond motifs is 5. The van der Waals surface area contributed by atoms with E-state index < -0.39 is 0 Å². The van der Waals surface area contributed by atoms with E-state index in [1.54, 1.807) is 0 Å². The summed E-state index contributed by atoms with van der Waals surface area (Å²) in [6, 6.07) is 2.30. The summed E-state index contributed by atoms with van der Waals surface area (Å²) in [5, 5.41) is 19.4. The van der Waals surface area contributed by atoms with Crippen LogP contribution in [0.4, 0.5) is 0 Å². The van der Waals surface area contributed by atoms with E-state index in [2.05, 4.69) is 19.9 Å². The van der Waals surface area contributed by atoms with Gasteiger partial charge in [-0.2, -0.15) is 5.26 Å². The largest absolute Gasteiger partial charge is 0.393 e. The number of rotatable bonds is 0. The molecule has 1 N–H and O–H groups in total. The second-order valence-corrected chi connectivity index (χ2v) is 9.39. The van der Waals surface area contributed by atoms with Crippen LogP contribution >= 0.6 is 0 Å². The van der Waals surface area contributed by atoms with Gasteiger partial charge in [0.2, 0.25) is 0 Å². The van der Waals surface area contributed by atoms with Gasteiger partial charge in [-0.3, -0.25) is 0 Å². The van der Waals surface area contributed by atoms with E-state index in [1.165, 1.54) is 44.1 Å². The minimum atomic E-state index is -0.0686. The number of aliphatic hydroxyl groups is 1. The standard InChI is InChI=1S/C21H31NO/c1-20-11-9-19-17(18(20)8-5-15(20)10-12-22)7-4-14-3-6-16(23)13-21(14,19)2/h10,14,16-19,23H,3-9,11,13H2,1-2H3/b15-10-. The molecule has 0 saturated heterocycles. The zero-order chi connectivity index (χ0) is 16.2. The highest BCUT2D eigenvalue weighted by molar-refractivity contribution is 5.28. The number of hydrogen-bond donors (Lipinski definition) is 1. The lowest BCUT2D eigenvalue weighted by molar-refractivity contribution is -0.120. The smallest absolute Gasteiger partial charge is 0.0911 e. The van der Waals surface area contributed by atoms with Gasteiger partial charge in [0.05, 0.1) is 12.2 Å². The van der Waals surface area contributed by atoms with Gasteiger partial charge < -0.3 is 5.11 Å². The summed E-state index contributed by atoms with van der Waals surface area (Å²) < 4.78 is 0. The van der Waals surface area contributed by atoms with E-state index in [0.29, 0.717) is 5.41 Å². The first-order valence-electron chi connectivity index (χ1n) is 9.76. The summed E-state index contributed by atoms with van der Waals surface area (Å²) in [6.45, 7) is 4.94. The Hall–Kier alpha value is -0.810. The number of nitrogens with zero attached hydrogens (tertiary/aromatic N) is 1. The second-order valence-electron chi connectivity index (χ2n) is 9.39. The predicted octanol–water partition coefficient (Wildman–Crippen LogP) is 4.84. The van der Waals surface area contributed by atoms with E-state index in [1.807, 2.05) is 6.08 Å². The van der Waals surface area contributed by atoms with Crippen LogP contribution in [0.3, 0.4) is 0 Å². The minimum absolute atomic E-state index is 0.0686. The van der Waals surface area contributed by atoms with Crippen molar-refractivity contribution in [3.05, 3.63) is 11.6 Å². The molecule has 0 aromatic rings. The molecule has 2 nitrogen and oxygen atoms in total. The molecule has 4 fully saturated rings. The molecule has 0 aromatic carbocycles. The Morgan fingerprint density at radius 3 is 2.65 bits per heavy atom. The summed E-state index contributed by atoms with van der Waals surface area (Å²) in [5.41, 5.74) is 2.08. The molecule has 7 unspecified atom stereocenters. The zero-order valence-corrected chi connectivity index (χ0v) is 14.7. The van der Waals surface area contributed by atoms with Crippen LogP contribution in [0.5, 0.6) is 0 Å². The normalized spacial score (nSPS) is 54.0. The van der Waals surface area contributed by atoms with Crippen molar-refractivity contribution in [3.8, 4) is 6.07 Å². The van der Waals surface area contributed by atoms with Gasteiger partial charge in [0.1, 0.15) is 0 Å². The molecule has 4 aliphatic carbocycles. The molecule has 7 atom stereocenters. The highest BCUT2D eigenvalue weighted by Gasteiger charge is 2.59. The van der Waals surface area contributed by atoms with Gasteiger partial charge in [0, 0.05) is 6.08 Å². The van der Waals surface area contributed by atoms with Crippen molar-refractivity contribution in [1.82, 2.24) is 0 Å². The third kappa shape index (κ3) is 2.15. The molecule has 126 valence electrons. The van der Waals surface area contributed by atoms with Crippen LogP contribution in [0.15, 0.2) is 11.6 Å². The summed E-state index contributed by atoms with van der Waals surface area (Å²) in [4.78, 5) is 0. The molecular formula is C21H31NO. The van der Waals surface area contributed by atoms with Crippen LogP contribution in [-0.4, -0.2) is 11.2 Å². The Morgan fingerprint density at radius 1 is 1.09 bits per heavy atom. The molecule has 4 aliphatic rings. The first kappa shape index (κ1) is 15.7. The highest BCUT2D eigenvalue weighted by atomic mass is 16.3. The predicted molar refractivity (Wildman–Crippen MR) is 91.4 cm³/mol. The van der Waals surface area contributed by atoms with Crippen LogP contribution in [0.1, 0.15) is 71.6 Å². The molecule has 4 saturated carbocycles. The molecule has 0 spiro atoms. The van der Waals surface area contributed by atoms with E-state index >= 15 is 0 Å². The Morgan fingerprint density at radius 2 is 1.87 bits per heavy atom. The fraction of sp³-hybridized carbons (Fsp3) is 0.857. The summed E-state index contributed by atoms with van der Waals surface area (Å²) in [5.74, 6) is 3.24. The fourth-order valence-electron chi connectivity index (χ4n) is 7.49. The quantitative estimate of drug-likeness (QED) is 0.650. The van der Waals surface area contributed by atoms with E-state index in [-0.39, 0.29) is 11.5 Å². The van der Waals surface area contributed by atoms with Gasteiger partial charge in [-0.25, -0.2) is 0 Å². The third-order valence-corrected chi connectivity index (χ3v) is 8.68. The molecule has 0 bridgehead atoms. The SMILES string of the molecule is CC12CCC3C(CCC4CCC(O)CC43C)C1CC/C2=C/C#N. The van der Waals surface area contributed by atoms with Crippen molar-refractivity contribution in [2.75, 3.05) is 0 Å². The van der Waals surface area contributed by atoms with Gasteiger partial charge in [-0.05, 0) is 92.3 Å². The minimum Gasteiger partial charge on any atom is -0.393 e. The average Bonchev–Trinajstić information content (AvgIpc) is 2.84. The van der Waals surface area contributed by atoms with Gasteiger partial charge >= 0.3 is 0 Å². The van der Waals surface area contributed by atoms with Gasteiger partial charge in [-0.1, -0.05) is 19.4 Å². The molecule has 0 radical (unpaired) electrons. The summed E-state index contributed by atoms with van der Waals surface area (Å²) in [7, 11) is 0. The number of allylic oxidation sites excluding steroid dienone is 2. The second kappa shape index (κ2) is 5.35. The molecule has 23 heavy (non-hydrogen) atoms. The number of aliphatic hydroxyl groups excluding tert-OH is 1. The first-order valence-corrected chi connectivity index (χ1v) is 9.76. The Labute approximate surface area is 141 Å². The molecule has 0 aromatic heterocycles. The van der Waals surface area contributed by atoms with Gasteiger partial charge in [0.15, 0.2) is 0 Å². The molecule has 0 amide bonds. The van der Waals surface area contributed by atoms with E-state index in [9.17, 15) is 5.11 Å². The number of hydrogen-bond acceptors (Lipinski definition) is 2. The first-order chi connectivity index (χ1) is 11.0. The summed E-state index contributed by atoms with van der Waals surface area (Å²) >= 11 is 0. The van der Waals surface area contributed by atoms with Crippen LogP contribution in [-0.2, 0) is 0 Å². The van der Waals surface area contributed by atoms with Gasteiger partial charge in [0.25, 0.3) is 0 Å². The van der Waals surface area contributed by atoms with Crippen LogP contribution in [0.25, 0.3) is 0 Å². The maximum atomic E-state index is 10.3. The zero-order valence-electron chi connectivity index (χ0n) is 14.7. The lowest BCUT2D eigenvalue weighted by Crippen LogP contribution is -2.53. The molecular weight excluding hydrogens is 282 g/mol. The Bertz CT molecular complexity index is 561. The fourth-order valence-corrected chi connectivity index (χ4v) is 7.49. The van der Waals surface area contributed by atoms with Crippen molar-refractivity contribution in [1.29, 1.82) is 5.26 Å². The lowest BCUT2D eigenvalue weighted by atomic mass is 9.45. The molecule has 0 heterocycles. The van der Waals surface area contributed by atoms with E-state index in [4.69, 9.17) is 5.26 Å². The maximum Gasteiger partial charge on any atom is 0.0911 e. The van der Waals surface area contributed by atoms with Crippen molar-refractivity contribution in [2.45, 2.75) is 77.7 Å². The van der Waals surface area contributed by atoms with Crippen LogP contribution in [0, 0.1) is 45.8 Å². The lowest BCUT2D eigenvalue weighted by Gasteiger charge is -2.60. The highest BCUT2D eigenvalue weighted by Crippen LogP contribution is 2.67. The number of nitriles is 1. The average molecular weight is 313 g/mol. The molecule has 0 aliphatic heterocycles. The maximum absolute atomic E-state index is 10.3. The van der Waals surface area contributed by atoms with Crippen molar-refractivity contribution in [3.63, 3.8) is 0 Å². The van der Waals surface area contributed by atoms with Crippen molar-refractivity contribution in [2.24, 2.45) is 34.5 Å². The van der Waals surface area contributed by atoms with E-state index in [0.717, 1.165) is 42.9 Å².